The Hall–Kier alpha value is -0.420. The number of esters is 1. The summed E-state index contributed by atoms with van der Waals surface area (Å²) in [5, 5.41) is 9.03. The van der Waals surface area contributed by atoms with Crippen molar-refractivity contribution in [3.05, 3.63) is 0 Å². The van der Waals surface area contributed by atoms with E-state index in [9.17, 15) is 9.36 Å². The maximum atomic E-state index is 10.6. The number of rotatable bonds is 5. The molecule has 0 aliphatic heterocycles. The summed E-state index contributed by atoms with van der Waals surface area (Å²) in [6, 6.07) is 0. The molecule has 0 saturated heterocycles. The molecule has 0 rings (SSSR count). The molecule has 0 saturated carbocycles. The Morgan fingerprint density at radius 2 is 2.08 bits per heavy atom. The highest BCUT2D eigenvalue weighted by molar-refractivity contribution is 7.51. The van der Waals surface area contributed by atoms with Gasteiger partial charge in [0.1, 0.15) is 12.7 Å². The molecule has 0 fully saturated rings. The topological polar surface area (TPSA) is 93.1 Å². The number of hydrogen-bond donors (Lipinski definition) is 2. The molecule has 2 N–H and O–H groups in total. The Morgan fingerprint density at radius 1 is 1.54 bits per heavy atom. The molecule has 0 spiro atoms. The molecule has 13 heavy (non-hydrogen) atoms. The van der Waals surface area contributed by atoms with E-state index in [0.717, 1.165) is 6.66 Å². The van der Waals surface area contributed by atoms with Crippen LogP contribution in [0.5, 0.6) is 0 Å². The standard InChI is InChI=1S/C6H13O6P/c1-5(7)11-3-6(8)4-12-13(2,9)10/h6,8H,3-4H2,1-2H3,(H,9,10). The summed E-state index contributed by atoms with van der Waals surface area (Å²) in [6.07, 6.45) is -1.08. The average molecular weight is 212 g/mol. The van der Waals surface area contributed by atoms with Gasteiger partial charge in [0.2, 0.25) is 0 Å². The molecule has 2 atom stereocenters. The van der Waals surface area contributed by atoms with E-state index in [4.69, 9.17) is 10.00 Å². The molecule has 2 unspecified atom stereocenters. The van der Waals surface area contributed by atoms with Crippen LogP contribution in [0.3, 0.4) is 0 Å². The Balaban J connectivity index is 3.58. The van der Waals surface area contributed by atoms with E-state index in [1.807, 2.05) is 0 Å². The van der Waals surface area contributed by atoms with E-state index in [2.05, 4.69) is 9.26 Å². The Kier molecular flexibility index (Phi) is 5.17. The first-order valence-electron chi connectivity index (χ1n) is 3.57. The summed E-state index contributed by atoms with van der Waals surface area (Å²) >= 11 is 0. The number of aliphatic hydroxyl groups is 1. The smallest absolute Gasteiger partial charge is 0.325 e. The predicted molar refractivity (Wildman–Crippen MR) is 44.3 cm³/mol. The van der Waals surface area contributed by atoms with Gasteiger partial charge in [0.05, 0.1) is 6.61 Å². The normalized spacial score (nSPS) is 17.5. The van der Waals surface area contributed by atoms with E-state index in [1.54, 1.807) is 0 Å². The zero-order valence-corrected chi connectivity index (χ0v) is 8.36. The molecule has 0 aromatic rings. The fourth-order valence-corrected chi connectivity index (χ4v) is 0.935. The molecule has 0 aliphatic rings. The van der Waals surface area contributed by atoms with Crippen molar-refractivity contribution in [3.63, 3.8) is 0 Å². The van der Waals surface area contributed by atoms with Crippen molar-refractivity contribution >= 4 is 13.6 Å². The number of carbonyl (C=O) groups excluding carboxylic acids is 1. The van der Waals surface area contributed by atoms with Gasteiger partial charge in [-0.3, -0.25) is 9.36 Å². The summed E-state index contributed by atoms with van der Waals surface area (Å²) in [4.78, 5) is 18.9. The number of hydrogen-bond acceptors (Lipinski definition) is 5. The van der Waals surface area contributed by atoms with Crippen LogP contribution in [0.1, 0.15) is 6.92 Å². The number of carbonyl (C=O) groups is 1. The van der Waals surface area contributed by atoms with Crippen LogP contribution >= 0.6 is 7.60 Å². The first-order valence-corrected chi connectivity index (χ1v) is 5.60. The van der Waals surface area contributed by atoms with Crippen LogP contribution in [0, 0.1) is 0 Å². The number of ether oxygens (including phenoxy) is 1. The zero-order valence-electron chi connectivity index (χ0n) is 7.47. The molecule has 0 heterocycles. The maximum Gasteiger partial charge on any atom is 0.325 e. The lowest BCUT2D eigenvalue weighted by molar-refractivity contribution is -0.144. The molecule has 0 radical (unpaired) electrons. The summed E-state index contributed by atoms with van der Waals surface area (Å²) in [5.74, 6) is -0.525. The quantitative estimate of drug-likeness (QED) is 0.481. The van der Waals surface area contributed by atoms with Gasteiger partial charge in [-0.15, -0.1) is 0 Å². The summed E-state index contributed by atoms with van der Waals surface area (Å²) < 4.78 is 19.4. The number of aliphatic hydroxyl groups excluding tert-OH is 1. The van der Waals surface area contributed by atoms with Crippen LogP contribution < -0.4 is 0 Å². The van der Waals surface area contributed by atoms with Gasteiger partial charge in [0, 0.05) is 13.6 Å². The van der Waals surface area contributed by atoms with E-state index in [-0.39, 0.29) is 13.2 Å². The Morgan fingerprint density at radius 3 is 2.46 bits per heavy atom. The third-order valence-corrected chi connectivity index (χ3v) is 1.61. The van der Waals surface area contributed by atoms with Crippen LogP contribution in [-0.4, -0.2) is 42.0 Å². The van der Waals surface area contributed by atoms with Gasteiger partial charge >= 0.3 is 13.6 Å². The van der Waals surface area contributed by atoms with Gasteiger partial charge in [-0.2, -0.15) is 0 Å². The monoisotopic (exact) mass is 212 g/mol. The van der Waals surface area contributed by atoms with Crippen LogP contribution in [0.4, 0.5) is 0 Å². The third kappa shape index (κ3) is 9.49. The van der Waals surface area contributed by atoms with E-state index < -0.39 is 19.7 Å². The molecule has 0 bridgehead atoms. The van der Waals surface area contributed by atoms with Gasteiger partial charge in [0.25, 0.3) is 0 Å². The van der Waals surface area contributed by atoms with Crippen molar-refractivity contribution in [2.24, 2.45) is 0 Å². The summed E-state index contributed by atoms with van der Waals surface area (Å²) in [6.45, 7) is 1.63. The molecule has 6 nitrogen and oxygen atoms in total. The lowest BCUT2D eigenvalue weighted by Gasteiger charge is -2.12. The zero-order chi connectivity index (χ0) is 10.5. The minimum atomic E-state index is -3.57. The molecule has 0 aliphatic carbocycles. The predicted octanol–water partition coefficient (Wildman–Crippen LogP) is -0.258. The third-order valence-electron chi connectivity index (χ3n) is 0.985. The van der Waals surface area contributed by atoms with Crippen molar-refractivity contribution in [3.8, 4) is 0 Å². The van der Waals surface area contributed by atoms with Crippen molar-refractivity contribution in [2.75, 3.05) is 19.9 Å². The van der Waals surface area contributed by atoms with Crippen LogP contribution in [0.2, 0.25) is 0 Å². The molecule has 0 aromatic carbocycles. The average Bonchev–Trinajstić information content (AvgIpc) is 1.95. The molecular formula is C6H13O6P. The van der Waals surface area contributed by atoms with Gasteiger partial charge < -0.3 is 19.3 Å². The van der Waals surface area contributed by atoms with Gasteiger partial charge in [-0.25, -0.2) is 0 Å². The highest BCUT2D eigenvalue weighted by Crippen LogP contribution is 2.36. The Bertz CT molecular complexity index is 209. The second kappa shape index (κ2) is 5.34. The lowest BCUT2D eigenvalue weighted by Crippen LogP contribution is -2.22. The van der Waals surface area contributed by atoms with Crippen LogP contribution in [0.15, 0.2) is 0 Å². The van der Waals surface area contributed by atoms with E-state index in [1.165, 1.54) is 6.92 Å². The molecule has 0 amide bonds. The lowest BCUT2D eigenvalue weighted by atomic mass is 10.4. The van der Waals surface area contributed by atoms with Gasteiger partial charge in [0.15, 0.2) is 0 Å². The molecule has 7 heteroatoms. The minimum absolute atomic E-state index is 0.241. The van der Waals surface area contributed by atoms with E-state index in [0.29, 0.717) is 0 Å². The van der Waals surface area contributed by atoms with Crippen molar-refractivity contribution < 1.29 is 28.6 Å². The Labute approximate surface area is 76.0 Å². The fraction of sp³-hybridized carbons (Fsp3) is 0.833. The van der Waals surface area contributed by atoms with Crippen LogP contribution in [0.25, 0.3) is 0 Å². The SMILES string of the molecule is CC(=O)OCC(O)COP(C)(=O)O. The van der Waals surface area contributed by atoms with Crippen molar-refractivity contribution in [1.82, 2.24) is 0 Å². The van der Waals surface area contributed by atoms with Crippen molar-refractivity contribution in [2.45, 2.75) is 13.0 Å². The van der Waals surface area contributed by atoms with E-state index >= 15 is 0 Å². The first kappa shape index (κ1) is 12.6. The first-order chi connectivity index (χ1) is 5.81. The summed E-state index contributed by atoms with van der Waals surface area (Å²) in [5.41, 5.74) is 0. The van der Waals surface area contributed by atoms with Crippen molar-refractivity contribution in [1.29, 1.82) is 0 Å². The molecular weight excluding hydrogens is 199 g/mol. The van der Waals surface area contributed by atoms with Gasteiger partial charge in [-0.05, 0) is 0 Å². The molecule has 78 valence electrons. The fourth-order valence-electron chi connectivity index (χ4n) is 0.486. The minimum Gasteiger partial charge on any atom is -0.463 e. The van der Waals surface area contributed by atoms with Crippen LogP contribution in [-0.2, 0) is 18.6 Å². The maximum absolute atomic E-state index is 10.6. The second-order valence-electron chi connectivity index (χ2n) is 2.56. The highest BCUT2D eigenvalue weighted by atomic mass is 31.2. The highest BCUT2D eigenvalue weighted by Gasteiger charge is 2.14. The van der Waals surface area contributed by atoms with Gasteiger partial charge in [-0.1, -0.05) is 0 Å². The summed E-state index contributed by atoms with van der Waals surface area (Å²) in [7, 11) is -3.57. The second-order valence-corrected chi connectivity index (χ2v) is 4.42. The molecule has 0 aromatic heterocycles. The largest absolute Gasteiger partial charge is 0.463 e.